The number of piperazine rings is 1. The summed E-state index contributed by atoms with van der Waals surface area (Å²) in [4.78, 5) is 17.0. The molecule has 0 bridgehead atoms. The quantitative estimate of drug-likeness (QED) is 0.698. The predicted molar refractivity (Wildman–Crippen MR) is 101 cm³/mol. The lowest BCUT2D eigenvalue weighted by atomic mass is 10.1. The summed E-state index contributed by atoms with van der Waals surface area (Å²) in [7, 11) is 0. The minimum absolute atomic E-state index is 0.192. The summed E-state index contributed by atoms with van der Waals surface area (Å²) in [5.41, 5.74) is 1.41. The van der Waals surface area contributed by atoms with Crippen LogP contribution in [-0.4, -0.2) is 68.1 Å². The standard InChI is InChI=1S/C20H32N4O/c25-20(19-8-10-21-16-19)22-9-4-5-11-23-12-14-24(15-13-23)17-18-6-2-1-3-7-18/h1-3,6-7,19,21H,4-5,8-17H2,(H,22,25). The van der Waals surface area contributed by atoms with Gasteiger partial charge >= 0.3 is 0 Å². The summed E-state index contributed by atoms with van der Waals surface area (Å²) in [5, 5.41) is 6.34. The van der Waals surface area contributed by atoms with E-state index in [1.165, 1.54) is 12.0 Å². The van der Waals surface area contributed by atoms with Crippen LogP contribution in [0.25, 0.3) is 0 Å². The minimum Gasteiger partial charge on any atom is -0.356 e. The van der Waals surface area contributed by atoms with Crippen LogP contribution in [0.4, 0.5) is 0 Å². The maximum Gasteiger partial charge on any atom is 0.224 e. The number of hydrogen-bond donors (Lipinski definition) is 2. The Morgan fingerprint density at radius 1 is 1.08 bits per heavy atom. The summed E-state index contributed by atoms with van der Waals surface area (Å²) in [6.07, 6.45) is 3.23. The van der Waals surface area contributed by atoms with Gasteiger partial charge in [-0.15, -0.1) is 0 Å². The lowest BCUT2D eigenvalue weighted by Crippen LogP contribution is -2.46. The zero-order valence-electron chi connectivity index (χ0n) is 15.3. The van der Waals surface area contributed by atoms with Gasteiger partial charge in [0.1, 0.15) is 0 Å². The van der Waals surface area contributed by atoms with Crippen molar-refractivity contribution in [2.24, 2.45) is 5.92 Å². The van der Waals surface area contributed by atoms with Crippen molar-refractivity contribution in [3.63, 3.8) is 0 Å². The lowest BCUT2D eigenvalue weighted by Gasteiger charge is -2.34. The van der Waals surface area contributed by atoms with Gasteiger partial charge in [0, 0.05) is 45.8 Å². The van der Waals surface area contributed by atoms with E-state index in [2.05, 4.69) is 50.8 Å². The third-order valence-corrected chi connectivity index (χ3v) is 5.35. The van der Waals surface area contributed by atoms with Crippen LogP contribution in [0.1, 0.15) is 24.8 Å². The third-order valence-electron chi connectivity index (χ3n) is 5.35. The third kappa shape index (κ3) is 6.10. The first-order valence-corrected chi connectivity index (χ1v) is 9.78. The Labute approximate surface area is 151 Å². The molecule has 25 heavy (non-hydrogen) atoms. The summed E-state index contributed by atoms with van der Waals surface area (Å²) in [6, 6.07) is 10.7. The second kappa shape index (κ2) is 9.90. The summed E-state index contributed by atoms with van der Waals surface area (Å²) < 4.78 is 0. The summed E-state index contributed by atoms with van der Waals surface area (Å²) >= 11 is 0. The Balaban J connectivity index is 1.23. The van der Waals surface area contributed by atoms with Gasteiger partial charge in [-0.25, -0.2) is 0 Å². The predicted octanol–water partition coefficient (Wildman–Crippen LogP) is 1.31. The Kier molecular flexibility index (Phi) is 7.27. The van der Waals surface area contributed by atoms with E-state index >= 15 is 0 Å². The molecule has 1 aromatic carbocycles. The van der Waals surface area contributed by atoms with Gasteiger partial charge in [-0.1, -0.05) is 30.3 Å². The largest absolute Gasteiger partial charge is 0.356 e. The van der Waals surface area contributed by atoms with E-state index in [4.69, 9.17) is 0 Å². The van der Waals surface area contributed by atoms with Crippen LogP contribution >= 0.6 is 0 Å². The molecule has 5 heteroatoms. The molecule has 138 valence electrons. The smallest absolute Gasteiger partial charge is 0.224 e. The molecular formula is C20H32N4O. The minimum atomic E-state index is 0.192. The van der Waals surface area contributed by atoms with Gasteiger partial charge in [-0.2, -0.15) is 0 Å². The molecule has 0 spiro atoms. The fraction of sp³-hybridized carbons (Fsp3) is 0.650. The maximum absolute atomic E-state index is 11.9. The van der Waals surface area contributed by atoms with E-state index in [0.29, 0.717) is 0 Å². The zero-order valence-corrected chi connectivity index (χ0v) is 15.3. The van der Waals surface area contributed by atoms with Crippen LogP contribution in [-0.2, 0) is 11.3 Å². The first-order chi connectivity index (χ1) is 12.3. The molecule has 5 nitrogen and oxygen atoms in total. The first kappa shape index (κ1) is 18.4. The van der Waals surface area contributed by atoms with Crippen LogP contribution in [0.15, 0.2) is 30.3 Å². The number of rotatable bonds is 8. The van der Waals surface area contributed by atoms with Gasteiger partial charge in [0.25, 0.3) is 0 Å². The number of carbonyl (C=O) groups excluding carboxylic acids is 1. The first-order valence-electron chi connectivity index (χ1n) is 9.78. The second-order valence-electron chi connectivity index (χ2n) is 7.29. The van der Waals surface area contributed by atoms with E-state index in [0.717, 1.165) is 71.7 Å². The number of hydrogen-bond acceptors (Lipinski definition) is 4. The molecule has 1 unspecified atom stereocenters. The zero-order chi connectivity index (χ0) is 17.3. The van der Waals surface area contributed by atoms with Crippen molar-refractivity contribution in [2.45, 2.75) is 25.8 Å². The molecule has 2 heterocycles. The lowest BCUT2D eigenvalue weighted by molar-refractivity contribution is -0.124. The Bertz CT molecular complexity index is 508. The summed E-state index contributed by atoms with van der Waals surface area (Å²) in [5.74, 6) is 0.428. The molecule has 1 amide bonds. The molecule has 0 aromatic heterocycles. The van der Waals surface area contributed by atoms with Crippen molar-refractivity contribution in [1.29, 1.82) is 0 Å². The van der Waals surface area contributed by atoms with Crippen molar-refractivity contribution < 1.29 is 4.79 Å². The van der Waals surface area contributed by atoms with Crippen molar-refractivity contribution in [1.82, 2.24) is 20.4 Å². The topological polar surface area (TPSA) is 47.6 Å². The number of amides is 1. The highest BCUT2D eigenvalue weighted by molar-refractivity contribution is 5.79. The average molecular weight is 345 g/mol. The van der Waals surface area contributed by atoms with Gasteiger partial charge in [-0.05, 0) is 37.9 Å². The van der Waals surface area contributed by atoms with Crippen molar-refractivity contribution >= 4 is 5.91 Å². The van der Waals surface area contributed by atoms with Gasteiger partial charge in [0.05, 0.1) is 5.92 Å². The number of unbranched alkanes of at least 4 members (excludes halogenated alkanes) is 1. The number of benzene rings is 1. The fourth-order valence-corrected chi connectivity index (χ4v) is 3.71. The van der Waals surface area contributed by atoms with E-state index in [1.807, 2.05) is 0 Å². The van der Waals surface area contributed by atoms with Gasteiger partial charge in [0.15, 0.2) is 0 Å². The molecule has 0 radical (unpaired) electrons. The second-order valence-corrected chi connectivity index (χ2v) is 7.29. The molecule has 1 aromatic rings. The van der Waals surface area contributed by atoms with Gasteiger partial charge in [-0.3, -0.25) is 9.69 Å². The van der Waals surface area contributed by atoms with Crippen LogP contribution in [0, 0.1) is 5.92 Å². The van der Waals surface area contributed by atoms with Gasteiger partial charge in [0.2, 0.25) is 5.91 Å². The van der Waals surface area contributed by atoms with Crippen molar-refractivity contribution in [3.8, 4) is 0 Å². The molecule has 2 N–H and O–H groups in total. The maximum atomic E-state index is 11.9. The monoisotopic (exact) mass is 344 g/mol. The van der Waals surface area contributed by atoms with E-state index < -0.39 is 0 Å². The van der Waals surface area contributed by atoms with E-state index in [9.17, 15) is 4.79 Å². The van der Waals surface area contributed by atoms with Crippen LogP contribution < -0.4 is 10.6 Å². The van der Waals surface area contributed by atoms with Gasteiger partial charge < -0.3 is 15.5 Å². The Morgan fingerprint density at radius 3 is 2.56 bits per heavy atom. The van der Waals surface area contributed by atoms with Crippen molar-refractivity contribution in [3.05, 3.63) is 35.9 Å². The molecule has 0 saturated carbocycles. The van der Waals surface area contributed by atoms with Crippen molar-refractivity contribution in [2.75, 3.05) is 52.4 Å². The molecule has 1 atom stereocenters. The van der Waals surface area contributed by atoms with Crippen LogP contribution in [0.2, 0.25) is 0 Å². The number of nitrogens with one attached hydrogen (secondary N) is 2. The molecule has 2 fully saturated rings. The molecular weight excluding hydrogens is 312 g/mol. The average Bonchev–Trinajstić information content (AvgIpc) is 3.18. The molecule has 2 saturated heterocycles. The Hall–Kier alpha value is -1.43. The Morgan fingerprint density at radius 2 is 1.84 bits per heavy atom. The van der Waals surface area contributed by atoms with Crippen LogP contribution in [0.3, 0.4) is 0 Å². The number of nitrogens with zero attached hydrogens (tertiary/aromatic N) is 2. The van der Waals surface area contributed by atoms with E-state index in [1.54, 1.807) is 0 Å². The van der Waals surface area contributed by atoms with Crippen LogP contribution in [0.5, 0.6) is 0 Å². The fourth-order valence-electron chi connectivity index (χ4n) is 3.71. The molecule has 2 aliphatic rings. The molecule has 2 aliphatic heterocycles. The highest BCUT2D eigenvalue weighted by Crippen LogP contribution is 2.09. The molecule has 3 rings (SSSR count). The summed E-state index contributed by atoms with van der Waals surface area (Å²) in [6.45, 7) is 9.49. The number of carbonyl (C=O) groups is 1. The highest BCUT2D eigenvalue weighted by atomic mass is 16.1. The molecule has 0 aliphatic carbocycles. The highest BCUT2D eigenvalue weighted by Gasteiger charge is 2.21. The SMILES string of the molecule is O=C(NCCCCN1CCN(Cc2ccccc2)CC1)C1CCNC1. The normalized spacial score (nSPS) is 22.2. The van der Waals surface area contributed by atoms with E-state index in [-0.39, 0.29) is 11.8 Å².